The van der Waals surface area contributed by atoms with Crippen LogP contribution in [0.5, 0.6) is 0 Å². The first kappa shape index (κ1) is 33.6. The standard InChI is InChI=1S/C42H45NO4Si/c1-41(2,3)48(38-25-15-7-16-26-38,39-27-17-8-18-28-39)46-32-37-29-40(47-43-37)33(30-44)31-45-42(34-19-9-4-10-20-34,35-21-11-5-12-22-35)36-23-13-6-14-24-36/h4-28,33,40,44H,29-32H2,1-3H3/t33-,40-/m0/s1. The maximum absolute atomic E-state index is 10.7. The number of rotatable bonds is 13. The van der Waals surface area contributed by atoms with E-state index in [1.165, 1.54) is 10.4 Å². The number of ether oxygens (including phenoxy) is 1. The molecule has 0 bridgehead atoms. The van der Waals surface area contributed by atoms with Crippen LogP contribution in [0.15, 0.2) is 157 Å². The van der Waals surface area contributed by atoms with Crippen molar-refractivity contribution < 1.29 is 19.1 Å². The van der Waals surface area contributed by atoms with Crippen LogP contribution < -0.4 is 10.4 Å². The molecule has 5 aromatic rings. The maximum Gasteiger partial charge on any atom is 0.261 e. The third-order valence-corrected chi connectivity index (χ3v) is 14.4. The first-order chi connectivity index (χ1) is 23.4. The van der Waals surface area contributed by atoms with Crippen LogP contribution in [0.3, 0.4) is 0 Å². The largest absolute Gasteiger partial charge is 0.402 e. The molecule has 2 atom stereocenters. The van der Waals surface area contributed by atoms with Crippen LogP contribution >= 0.6 is 0 Å². The van der Waals surface area contributed by atoms with Crippen molar-refractivity contribution in [1.29, 1.82) is 0 Å². The number of aliphatic hydroxyl groups is 1. The summed E-state index contributed by atoms with van der Waals surface area (Å²) >= 11 is 0. The molecular weight excluding hydrogens is 611 g/mol. The van der Waals surface area contributed by atoms with Crippen LogP contribution in [0.25, 0.3) is 0 Å². The first-order valence-electron chi connectivity index (χ1n) is 16.8. The Kier molecular flexibility index (Phi) is 10.4. The van der Waals surface area contributed by atoms with E-state index in [0.29, 0.717) is 13.0 Å². The lowest BCUT2D eigenvalue weighted by atomic mass is 9.80. The highest BCUT2D eigenvalue weighted by Crippen LogP contribution is 2.41. The number of oxime groups is 1. The minimum Gasteiger partial charge on any atom is -0.402 e. The average Bonchev–Trinajstić information content (AvgIpc) is 3.61. The van der Waals surface area contributed by atoms with E-state index < -0.39 is 13.9 Å². The summed E-state index contributed by atoms with van der Waals surface area (Å²) in [6, 6.07) is 52.1. The van der Waals surface area contributed by atoms with Gasteiger partial charge in [-0.1, -0.05) is 178 Å². The molecule has 6 heteroatoms. The van der Waals surface area contributed by atoms with Crippen LogP contribution in [-0.2, 0) is 19.6 Å². The van der Waals surface area contributed by atoms with Crippen LogP contribution in [0.4, 0.5) is 0 Å². The highest BCUT2D eigenvalue weighted by atomic mass is 28.4. The Hall–Kier alpha value is -4.33. The van der Waals surface area contributed by atoms with Gasteiger partial charge in [0.15, 0.2) is 0 Å². The molecule has 0 radical (unpaired) electrons. The molecule has 0 aromatic heterocycles. The van der Waals surface area contributed by atoms with E-state index in [2.05, 4.69) is 123 Å². The summed E-state index contributed by atoms with van der Waals surface area (Å²) in [6.45, 7) is 7.33. The summed E-state index contributed by atoms with van der Waals surface area (Å²) in [4.78, 5) is 6.05. The van der Waals surface area contributed by atoms with E-state index in [-0.39, 0.29) is 30.3 Å². The van der Waals surface area contributed by atoms with Crippen molar-refractivity contribution in [3.05, 3.63) is 168 Å². The maximum atomic E-state index is 10.7. The Morgan fingerprint density at radius 3 is 1.50 bits per heavy atom. The van der Waals surface area contributed by atoms with Crippen molar-refractivity contribution in [3.8, 4) is 0 Å². The molecule has 246 valence electrons. The summed E-state index contributed by atoms with van der Waals surface area (Å²) in [6.07, 6.45) is 0.217. The molecule has 0 fully saturated rings. The Labute approximate surface area is 286 Å². The van der Waals surface area contributed by atoms with Crippen LogP contribution in [0.2, 0.25) is 5.04 Å². The second kappa shape index (κ2) is 14.8. The normalized spacial score (nSPS) is 15.8. The smallest absolute Gasteiger partial charge is 0.261 e. The van der Waals surface area contributed by atoms with E-state index in [1.807, 2.05) is 54.6 Å². The molecule has 1 heterocycles. The molecule has 0 saturated heterocycles. The van der Waals surface area contributed by atoms with Gasteiger partial charge >= 0.3 is 0 Å². The number of hydrogen-bond donors (Lipinski definition) is 1. The molecule has 0 unspecified atom stereocenters. The van der Waals surface area contributed by atoms with Crippen molar-refractivity contribution in [2.45, 2.75) is 43.9 Å². The molecule has 6 rings (SSSR count). The number of aliphatic hydroxyl groups excluding tert-OH is 1. The van der Waals surface area contributed by atoms with Gasteiger partial charge in [0, 0.05) is 12.3 Å². The van der Waals surface area contributed by atoms with Crippen molar-refractivity contribution in [2.75, 3.05) is 19.8 Å². The number of nitrogens with zero attached hydrogens (tertiary/aromatic N) is 1. The fraction of sp³-hybridized carbons (Fsp3) is 0.262. The van der Waals surface area contributed by atoms with Crippen LogP contribution in [0, 0.1) is 5.92 Å². The van der Waals surface area contributed by atoms with Gasteiger partial charge in [-0.15, -0.1) is 0 Å². The SMILES string of the molecule is CC(C)(C)[Si](OCC1=NO[C@H]([C@@H](CO)COC(c2ccccc2)(c2ccccc2)c2ccccc2)C1)(c1ccccc1)c1ccccc1. The third-order valence-electron chi connectivity index (χ3n) is 9.44. The van der Waals surface area contributed by atoms with Gasteiger partial charge in [-0.05, 0) is 32.1 Å². The summed E-state index contributed by atoms with van der Waals surface area (Å²) in [5, 5.41) is 17.5. The van der Waals surface area contributed by atoms with Crippen molar-refractivity contribution in [2.24, 2.45) is 11.1 Å². The molecule has 5 aromatic carbocycles. The van der Waals surface area contributed by atoms with E-state index in [9.17, 15) is 5.11 Å². The zero-order valence-corrected chi connectivity index (χ0v) is 29.0. The van der Waals surface area contributed by atoms with Gasteiger partial charge in [0.2, 0.25) is 0 Å². The summed E-state index contributed by atoms with van der Waals surface area (Å²) in [5.74, 6) is -0.311. The van der Waals surface area contributed by atoms with Gasteiger partial charge in [-0.25, -0.2) is 0 Å². The lowest BCUT2D eigenvalue weighted by Gasteiger charge is -2.43. The van der Waals surface area contributed by atoms with E-state index in [0.717, 1.165) is 22.4 Å². The zero-order chi connectivity index (χ0) is 33.5. The third kappa shape index (κ3) is 6.67. The fourth-order valence-corrected chi connectivity index (χ4v) is 11.6. The number of hydrogen-bond acceptors (Lipinski definition) is 5. The minimum absolute atomic E-state index is 0.0997. The summed E-state index contributed by atoms with van der Waals surface area (Å²) in [5.41, 5.74) is 3.00. The van der Waals surface area contributed by atoms with Crippen molar-refractivity contribution in [1.82, 2.24) is 0 Å². The van der Waals surface area contributed by atoms with E-state index >= 15 is 0 Å². The van der Waals surface area contributed by atoms with Gasteiger partial charge in [0.25, 0.3) is 8.32 Å². The molecule has 0 amide bonds. The number of benzene rings is 5. The fourth-order valence-electron chi connectivity index (χ4n) is 7.02. The van der Waals surface area contributed by atoms with Gasteiger partial charge in [0.05, 0.1) is 25.5 Å². The van der Waals surface area contributed by atoms with Crippen LogP contribution in [-0.4, -0.2) is 45.1 Å². The Balaban J connectivity index is 1.24. The lowest BCUT2D eigenvalue weighted by molar-refractivity contribution is -0.0638. The van der Waals surface area contributed by atoms with Gasteiger partial charge < -0.3 is 19.1 Å². The average molecular weight is 656 g/mol. The van der Waals surface area contributed by atoms with E-state index in [1.54, 1.807) is 0 Å². The predicted octanol–water partition coefficient (Wildman–Crippen LogP) is 7.33. The Morgan fingerprint density at radius 1 is 0.688 bits per heavy atom. The molecule has 0 aliphatic carbocycles. The molecule has 0 spiro atoms. The van der Waals surface area contributed by atoms with Gasteiger partial charge in [0.1, 0.15) is 11.7 Å². The second-order valence-corrected chi connectivity index (χ2v) is 17.8. The molecule has 1 aliphatic heterocycles. The van der Waals surface area contributed by atoms with Crippen molar-refractivity contribution in [3.63, 3.8) is 0 Å². The molecule has 1 aliphatic rings. The highest BCUT2D eigenvalue weighted by molar-refractivity contribution is 6.99. The van der Waals surface area contributed by atoms with E-state index in [4.69, 9.17) is 14.0 Å². The van der Waals surface area contributed by atoms with Crippen LogP contribution in [0.1, 0.15) is 43.9 Å². The highest BCUT2D eigenvalue weighted by Gasteiger charge is 2.50. The van der Waals surface area contributed by atoms with Gasteiger partial charge in [-0.3, -0.25) is 0 Å². The molecule has 5 nitrogen and oxygen atoms in total. The van der Waals surface area contributed by atoms with Crippen molar-refractivity contribution >= 4 is 24.4 Å². The Bertz CT molecular complexity index is 1610. The lowest BCUT2D eigenvalue weighted by Crippen LogP contribution is -2.67. The molecule has 1 N–H and O–H groups in total. The summed E-state index contributed by atoms with van der Waals surface area (Å²) in [7, 11) is -2.74. The molecule has 0 saturated carbocycles. The zero-order valence-electron chi connectivity index (χ0n) is 28.0. The van der Waals surface area contributed by atoms with Gasteiger partial charge in [-0.2, -0.15) is 0 Å². The summed E-state index contributed by atoms with van der Waals surface area (Å²) < 4.78 is 14.2. The first-order valence-corrected chi connectivity index (χ1v) is 18.7. The molecule has 48 heavy (non-hydrogen) atoms. The second-order valence-electron chi connectivity index (χ2n) is 13.5. The molecular formula is C42H45NO4Si. The quantitative estimate of drug-likeness (QED) is 0.107. The minimum atomic E-state index is -2.74. The predicted molar refractivity (Wildman–Crippen MR) is 196 cm³/mol. The topological polar surface area (TPSA) is 60.3 Å². The Morgan fingerprint density at radius 2 is 1.10 bits per heavy atom. The monoisotopic (exact) mass is 655 g/mol.